The molecule has 0 unspecified atom stereocenters. The van der Waals surface area contributed by atoms with Crippen LogP contribution >= 0.6 is 0 Å². The molecule has 5 nitrogen and oxygen atoms in total. The summed E-state index contributed by atoms with van der Waals surface area (Å²) in [6.45, 7) is 1.96. The number of benzene rings is 1. The molecular formula is C10H12O5S. The highest BCUT2D eigenvalue weighted by molar-refractivity contribution is 7.90. The van der Waals surface area contributed by atoms with E-state index in [0.717, 1.165) is 6.26 Å². The molecule has 1 aromatic carbocycles. The van der Waals surface area contributed by atoms with Gasteiger partial charge in [-0.3, -0.25) is 0 Å². The van der Waals surface area contributed by atoms with E-state index < -0.39 is 15.8 Å². The summed E-state index contributed by atoms with van der Waals surface area (Å²) in [7, 11) is -3.36. The Labute approximate surface area is 93.6 Å². The van der Waals surface area contributed by atoms with Gasteiger partial charge in [0.25, 0.3) is 0 Å². The molecule has 1 N–H and O–H groups in total. The van der Waals surface area contributed by atoms with Gasteiger partial charge >= 0.3 is 5.97 Å². The van der Waals surface area contributed by atoms with Gasteiger partial charge in [-0.05, 0) is 25.1 Å². The fraction of sp³-hybridized carbons (Fsp3) is 0.300. The van der Waals surface area contributed by atoms with Gasteiger partial charge in [-0.1, -0.05) is 0 Å². The molecule has 0 amide bonds. The number of hydrogen-bond donors (Lipinski definition) is 1. The van der Waals surface area contributed by atoms with Crippen LogP contribution in [0.25, 0.3) is 0 Å². The number of carboxylic acid groups (broad SMARTS) is 1. The Bertz CT molecular complexity index is 504. The minimum atomic E-state index is -3.36. The lowest BCUT2D eigenvalue weighted by Gasteiger charge is -2.08. The van der Waals surface area contributed by atoms with Crippen molar-refractivity contribution in [1.82, 2.24) is 0 Å². The summed E-state index contributed by atoms with van der Waals surface area (Å²) in [5.74, 6) is -1.08. The van der Waals surface area contributed by atoms with Gasteiger partial charge in [-0.25, -0.2) is 13.2 Å². The van der Waals surface area contributed by atoms with E-state index in [1.807, 2.05) is 0 Å². The summed E-state index contributed by atoms with van der Waals surface area (Å²) >= 11 is 0. The summed E-state index contributed by atoms with van der Waals surface area (Å²) < 4.78 is 27.6. The van der Waals surface area contributed by atoms with Crippen LogP contribution in [0.5, 0.6) is 5.75 Å². The highest BCUT2D eigenvalue weighted by Crippen LogP contribution is 2.23. The number of rotatable bonds is 4. The molecule has 0 fully saturated rings. The predicted molar refractivity (Wildman–Crippen MR) is 57.7 cm³/mol. The third-order valence-electron chi connectivity index (χ3n) is 1.91. The Morgan fingerprint density at radius 2 is 2.06 bits per heavy atom. The van der Waals surface area contributed by atoms with Gasteiger partial charge in [0.2, 0.25) is 0 Å². The first kappa shape index (κ1) is 12.5. The summed E-state index contributed by atoms with van der Waals surface area (Å²) in [4.78, 5) is 10.9. The standard InChI is InChI=1S/C10H12O5S/c1-3-15-9-6-7(16(2,13)14)4-5-8(9)10(11)12/h4-6H,3H2,1-2H3,(H,11,12). The first-order valence-corrected chi connectivity index (χ1v) is 6.45. The smallest absolute Gasteiger partial charge is 0.339 e. The Morgan fingerprint density at radius 3 is 2.50 bits per heavy atom. The zero-order valence-corrected chi connectivity index (χ0v) is 9.74. The molecule has 0 heterocycles. The van der Waals surface area contributed by atoms with Gasteiger partial charge in [-0.15, -0.1) is 0 Å². The van der Waals surface area contributed by atoms with Crippen molar-refractivity contribution in [2.45, 2.75) is 11.8 Å². The van der Waals surface area contributed by atoms with Crippen molar-refractivity contribution in [3.05, 3.63) is 23.8 Å². The molecule has 1 rings (SSSR count). The normalized spacial score (nSPS) is 11.1. The maximum atomic E-state index is 11.3. The number of hydrogen-bond acceptors (Lipinski definition) is 4. The summed E-state index contributed by atoms with van der Waals surface area (Å²) in [6.07, 6.45) is 1.05. The molecule has 0 saturated heterocycles. The molecule has 0 saturated carbocycles. The molecule has 0 aliphatic carbocycles. The van der Waals surface area contributed by atoms with E-state index in [9.17, 15) is 13.2 Å². The topological polar surface area (TPSA) is 80.7 Å². The van der Waals surface area contributed by atoms with Gasteiger partial charge in [0.05, 0.1) is 11.5 Å². The molecule has 0 radical (unpaired) electrons. The number of aromatic carboxylic acids is 1. The second-order valence-corrected chi connectivity index (χ2v) is 5.18. The number of carboxylic acids is 1. The van der Waals surface area contributed by atoms with Gasteiger partial charge in [0, 0.05) is 6.26 Å². The summed E-state index contributed by atoms with van der Waals surface area (Å²) in [5, 5.41) is 8.86. The van der Waals surface area contributed by atoms with Gasteiger partial charge in [-0.2, -0.15) is 0 Å². The maximum absolute atomic E-state index is 11.3. The second-order valence-electron chi connectivity index (χ2n) is 3.17. The predicted octanol–water partition coefficient (Wildman–Crippen LogP) is 1.19. The Hall–Kier alpha value is -1.56. The summed E-state index contributed by atoms with van der Waals surface area (Å²) in [5.41, 5.74) is -0.0470. The molecule has 1 aromatic rings. The van der Waals surface area contributed by atoms with Gasteiger partial charge in [0.1, 0.15) is 11.3 Å². The van der Waals surface area contributed by atoms with Crippen molar-refractivity contribution in [3.8, 4) is 5.75 Å². The average molecular weight is 244 g/mol. The third-order valence-corrected chi connectivity index (χ3v) is 3.02. The van der Waals surface area contributed by atoms with Crippen molar-refractivity contribution >= 4 is 15.8 Å². The van der Waals surface area contributed by atoms with Crippen LogP contribution in [-0.2, 0) is 9.84 Å². The Balaban J connectivity index is 3.33. The zero-order chi connectivity index (χ0) is 12.3. The fourth-order valence-electron chi connectivity index (χ4n) is 1.18. The van der Waals surface area contributed by atoms with E-state index in [1.165, 1.54) is 18.2 Å². The highest BCUT2D eigenvalue weighted by Gasteiger charge is 2.15. The minimum Gasteiger partial charge on any atom is -0.493 e. The number of carbonyl (C=O) groups is 1. The highest BCUT2D eigenvalue weighted by atomic mass is 32.2. The number of sulfone groups is 1. The van der Waals surface area contributed by atoms with Crippen LogP contribution in [0, 0.1) is 0 Å². The Morgan fingerprint density at radius 1 is 1.44 bits per heavy atom. The van der Waals surface area contributed by atoms with E-state index in [4.69, 9.17) is 9.84 Å². The first-order chi connectivity index (χ1) is 7.36. The van der Waals surface area contributed by atoms with E-state index in [1.54, 1.807) is 6.92 Å². The van der Waals surface area contributed by atoms with Crippen LogP contribution in [0.4, 0.5) is 0 Å². The molecule has 0 spiro atoms. The van der Waals surface area contributed by atoms with Gasteiger partial charge in [0.15, 0.2) is 9.84 Å². The van der Waals surface area contributed by atoms with E-state index in [0.29, 0.717) is 0 Å². The van der Waals surface area contributed by atoms with Crippen molar-refractivity contribution in [3.63, 3.8) is 0 Å². The first-order valence-electron chi connectivity index (χ1n) is 4.56. The van der Waals surface area contributed by atoms with E-state index in [-0.39, 0.29) is 22.8 Å². The van der Waals surface area contributed by atoms with Crippen LogP contribution in [0.2, 0.25) is 0 Å². The maximum Gasteiger partial charge on any atom is 0.339 e. The van der Waals surface area contributed by atoms with Crippen molar-refractivity contribution in [1.29, 1.82) is 0 Å². The lowest BCUT2D eigenvalue weighted by molar-refractivity contribution is 0.0692. The second kappa shape index (κ2) is 4.52. The lowest BCUT2D eigenvalue weighted by Crippen LogP contribution is -2.05. The SMILES string of the molecule is CCOc1cc(S(C)(=O)=O)ccc1C(=O)O. The quantitative estimate of drug-likeness (QED) is 0.860. The van der Waals surface area contributed by atoms with Crippen LogP contribution < -0.4 is 4.74 Å². The van der Waals surface area contributed by atoms with E-state index >= 15 is 0 Å². The molecule has 0 aliphatic rings. The molecule has 0 bridgehead atoms. The number of ether oxygens (including phenoxy) is 1. The third kappa shape index (κ3) is 2.73. The molecule has 88 valence electrons. The fourth-order valence-corrected chi connectivity index (χ4v) is 1.82. The van der Waals surface area contributed by atoms with E-state index in [2.05, 4.69) is 0 Å². The van der Waals surface area contributed by atoms with Crippen LogP contribution in [0.3, 0.4) is 0 Å². The zero-order valence-electron chi connectivity index (χ0n) is 8.93. The monoisotopic (exact) mass is 244 g/mol. The average Bonchev–Trinajstić information content (AvgIpc) is 2.16. The molecule has 0 aliphatic heterocycles. The van der Waals surface area contributed by atoms with Crippen molar-refractivity contribution in [2.75, 3.05) is 12.9 Å². The Kier molecular flexibility index (Phi) is 3.54. The molecule has 6 heteroatoms. The van der Waals surface area contributed by atoms with Crippen LogP contribution in [0.15, 0.2) is 23.1 Å². The molecular weight excluding hydrogens is 232 g/mol. The lowest BCUT2D eigenvalue weighted by atomic mass is 10.2. The molecule has 0 aromatic heterocycles. The van der Waals surface area contributed by atoms with Crippen LogP contribution in [-0.4, -0.2) is 32.4 Å². The molecule has 0 atom stereocenters. The van der Waals surface area contributed by atoms with Crippen molar-refractivity contribution < 1.29 is 23.1 Å². The minimum absolute atomic E-state index is 0.0425. The molecule has 16 heavy (non-hydrogen) atoms. The largest absolute Gasteiger partial charge is 0.493 e. The van der Waals surface area contributed by atoms with Crippen molar-refractivity contribution in [2.24, 2.45) is 0 Å². The van der Waals surface area contributed by atoms with Crippen LogP contribution in [0.1, 0.15) is 17.3 Å². The summed E-state index contributed by atoms with van der Waals surface area (Å²) in [6, 6.07) is 3.70. The van der Waals surface area contributed by atoms with Gasteiger partial charge < -0.3 is 9.84 Å².